The van der Waals surface area contributed by atoms with Gasteiger partial charge < -0.3 is 15.5 Å². The number of nitrogens with zero attached hydrogens (tertiary/aromatic N) is 1. The molecule has 0 aliphatic carbocycles. The number of anilines is 1. The molecule has 0 bridgehead atoms. The molecule has 1 aliphatic heterocycles. The zero-order chi connectivity index (χ0) is 19.8. The zero-order valence-electron chi connectivity index (χ0n) is 17.3. The molecular formula is C22H35N3O2. The Balaban J connectivity index is 1.94. The van der Waals surface area contributed by atoms with Crippen molar-refractivity contribution in [2.24, 2.45) is 11.8 Å². The van der Waals surface area contributed by atoms with Gasteiger partial charge >= 0.3 is 0 Å². The van der Waals surface area contributed by atoms with Crippen molar-refractivity contribution in [3.05, 3.63) is 29.8 Å². The van der Waals surface area contributed by atoms with E-state index in [2.05, 4.69) is 43.2 Å². The molecule has 2 amide bonds. The summed E-state index contributed by atoms with van der Waals surface area (Å²) in [6.45, 7) is 10.8. The first-order chi connectivity index (χ1) is 12.9. The SMILES string of the molecule is CCC(C)CNC(=O)c1ccccc1N1CCC(NC(=O)CC(C)C)CC1. The topological polar surface area (TPSA) is 61.4 Å². The molecule has 0 radical (unpaired) electrons. The number of piperidine rings is 1. The van der Waals surface area contributed by atoms with Gasteiger partial charge in [-0.3, -0.25) is 9.59 Å². The summed E-state index contributed by atoms with van der Waals surface area (Å²) in [6, 6.07) is 8.06. The van der Waals surface area contributed by atoms with Crippen molar-refractivity contribution >= 4 is 17.5 Å². The van der Waals surface area contributed by atoms with Crippen LogP contribution in [0.25, 0.3) is 0 Å². The predicted molar refractivity (Wildman–Crippen MR) is 111 cm³/mol. The minimum atomic E-state index is -0.00161. The summed E-state index contributed by atoms with van der Waals surface area (Å²) < 4.78 is 0. The summed E-state index contributed by atoms with van der Waals surface area (Å²) in [4.78, 5) is 26.9. The van der Waals surface area contributed by atoms with Gasteiger partial charge in [-0.15, -0.1) is 0 Å². The maximum Gasteiger partial charge on any atom is 0.253 e. The fourth-order valence-corrected chi connectivity index (χ4v) is 3.37. The summed E-state index contributed by atoms with van der Waals surface area (Å²) >= 11 is 0. The highest BCUT2D eigenvalue weighted by Gasteiger charge is 2.24. The van der Waals surface area contributed by atoms with Gasteiger partial charge in [0.05, 0.1) is 5.56 Å². The van der Waals surface area contributed by atoms with E-state index in [0.29, 0.717) is 24.8 Å². The van der Waals surface area contributed by atoms with Gasteiger partial charge in [0, 0.05) is 37.8 Å². The maximum absolute atomic E-state index is 12.6. The van der Waals surface area contributed by atoms with Crippen molar-refractivity contribution in [3.8, 4) is 0 Å². The van der Waals surface area contributed by atoms with Crippen LogP contribution in [0, 0.1) is 11.8 Å². The average Bonchev–Trinajstić information content (AvgIpc) is 2.65. The highest BCUT2D eigenvalue weighted by Crippen LogP contribution is 2.24. The number of rotatable bonds is 8. The molecule has 0 aromatic heterocycles. The lowest BCUT2D eigenvalue weighted by Crippen LogP contribution is -2.45. The summed E-state index contributed by atoms with van der Waals surface area (Å²) in [7, 11) is 0. The van der Waals surface area contributed by atoms with Gasteiger partial charge in [0.25, 0.3) is 5.91 Å². The smallest absolute Gasteiger partial charge is 0.253 e. The first-order valence-electron chi connectivity index (χ1n) is 10.3. The third-order valence-corrected chi connectivity index (χ3v) is 5.25. The van der Waals surface area contributed by atoms with Crippen LogP contribution in [0.1, 0.15) is 63.7 Å². The van der Waals surface area contributed by atoms with Crippen molar-refractivity contribution in [3.63, 3.8) is 0 Å². The summed E-state index contributed by atoms with van der Waals surface area (Å²) in [5, 5.41) is 6.21. The number of carbonyl (C=O) groups excluding carboxylic acids is 2. The fraction of sp³-hybridized carbons (Fsp3) is 0.636. The highest BCUT2D eigenvalue weighted by atomic mass is 16.2. The van der Waals surface area contributed by atoms with Crippen molar-refractivity contribution in [1.82, 2.24) is 10.6 Å². The Kier molecular flexibility index (Phi) is 8.14. The molecular weight excluding hydrogens is 338 g/mol. The standard InChI is InChI=1S/C22H35N3O2/c1-5-17(4)15-23-22(27)19-8-6-7-9-20(19)25-12-10-18(11-13-25)24-21(26)14-16(2)3/h6-9,16-18H,5,10-15H2,1-4H3,(H,23,27)(H,24,26). The Morgan fingerprint density at radius 2 is 1.81 bits per heavy atom. The van der Waals surface area contributed by atoms with Crippen molar-refractivity contribution in [2.45, 2.75) is 59.4 Å². The van der Waals surface area contributed by atoms with Crippen molar-refractivity contribution < 1.29 is 9.59 Å². The third-order valence-electron chi connectivity index (χ3n) is 5.25. The van der Waals surface area contributed by atoms with E-state index in [1.807, 2.05) is 24.3 Å². The van der Waals surface area contributed by atoms with Crippen LogP contribution < -0.4 is 15.5 Å². The van der Waals surface area contributed by atoms with E-state index in [4.69, 9.17) is 0 Å². The maximum atomic E-state index is 12.6. The molecule has 0 spiro atoms. The van der Waals surface area contributed by atoms with Crippen molar-refractivity contribution in [2.75, 3.05) is 24.5 Å². The van der Waals surface area contributed by atoms with Crippen LogP contribution in [-0.4, -0.2) is 37.5 Å². The first-order valence-corrected chi connectivity index (χ1v) is 10.3. The molecule has 27 heavy (non-hydrogen) atoms. The number of hydrogen-bond acceptors (Lipinski definition) is 3. The Morgan fingerprint density at radius 3 is 2.44 bits per heavy atom. The van der Waals surface area contributed by atoms with Crippen LogP contribution in [0.15, 0.2) is 24.3 Å². The van der Waals surface area contributed by atoms with Gasteiger partial charge in [0.15, 0.2) is 0 Å². The number of para-hydroxylation sites is 1. The van der Waals surface area contributed by atoms with Gasteiger partial charge in [-0.25, -0.2) is 0 Å². The molecule has 1 unspecified atom stereocenters. The van der Waals surface area contributed by atoms with Crippen LogP contribution in [-0.2, 0) is 4.79 Å². The minimum absolute atomic E-state index is 0.00161. The number of benzene rings is 1. The van der Waals surface area contributed by atoms with Gasteiger partial charge in [0.1, 0.15) is 0 Å². The fourth-order valence-electron chi connectivity index (χ4n) is 3.37. The molecule has 0 saturated carbocycles. The quantitative estimate of drug-likeness (QED) is 0.732. The molecule has 1 aliphatic rings. The Hall–Kier alpha value is -2.04. The second-order valence-electron chi connectivity index (χ2n) is 8.17. The van der Waals surface area contributed by atoms with Gasteiger partial charge in [-0.05, 0) is 36.8 Å². The number of amides is 2. The second-order valence-corrected chi connectivity index (χ2v) is 8.17. The lowest BCUT2D eigenvalue weighted by atomic mass is 10.0. The molecule has 2 N–H and O–H groups in total. The van der Waals surface area contributed by atoms with Crippen LogP contribution in [0.3, 0.4) is 0 Å². The van der Waals surface area contributed by atoms with Gasteiger partial charge in [-0.2, -0.15) is 0 Å². The van der Waals surface area contributed by atoms with E-state index in [1.54, 1.807) is 0 Å². The van der Waals surface area contributed by atoms with E-state index in [1.165, 1.54) is 0 Å². The van der Waals surface area contributed by atoms with Crippen LogP contribution in [0.2, 0.25) is 0 Å². The lowest BCUT2D eigenvalue weighted by molar-refractivity contribution is -0.122. The summed E-state index contributed by atoms with van der Waals surface area (Å²) in [5.74, 6) is 1.00. The second kappa shape index (κ2) is 10.3. The number of nitrogens with one attached hydrogen (secondary N) is 2. The zero-order valence-corrected chi connectivity index (χ0v) is 17.3. The third kappa shape index (κ3) is 6.56. The van der Waals surface area contributed by atoms with Gasteiger partial charge in [0.2, 0.25) is 5.91 Å². The van der Waals surface area contributed by atoms with Crippen molar-refractivity contribution in [1.29, 1.82) is 0 Å². The van der Waals surface area contributed by atoms with E-state index in [9.17, 15) is 9.59 Å². The van der Waals surface area contributed by atoms with E-state index >= 15 is 0 Å². The number of carbonyl (C=O) groups is 2. The Labute approximate surface area is 163 Å². The largest absolute Gasteiger partial charge is 0.371 e. The summed E-state index contributed by atoms with van der Waals surface area (Å²) in [6.07, 6.45) is 3.46. The highest BCUT2D eigenvalue weighted by molar-refractivity contribution is 5.99. The van der Waals surface area contributed by atoms with E-state index in [-0.39, 0.29) is 17.9 Å². The van der Waals surface area contributed by atoms with Gasteiger partial charge in [-0.1, -0.05) is 46.2 Å². The first kappa shape index (κ1) is 21.3. The molecule has 1 saturated heterocycles. The van der Waals surface area contributed by atoms with E-state index in [0.717, 1.165) is 43.6 Å². The minimum Gasteiger partial charge on any atom is -0.371 e. The van der Waals surface area contributed by atoms with Crippen LogP contribution in [0.5, 0.6) is 0 Å². The average molecular weight is 374 g/mol. The molecule has 1 heterocycles. The van der Waals surface area contributed by atoms with Crippen LogP contribution >= 0.6 is 0 Å². The molecule has 1 aromatic carbocycles. The summed E-state index contributed by atoms with van der Waals surface area (Å²) in [5.41, 5.74) is 1.73. The Bertz CT molecular complexity index is 622. The van der Waals surface area contributed by atoms with E-state index < -0.39 is 0 Å². The molecule has 5 heteroatoms. The molecule has 1 atom stereocenters. The Morgan fingerprint density at radius 1 is 1.15 bits per heavy atom. The van der Waals surface area contributed by atoms with Crippen LogP contribution in [0.4, 0.5) is 5.69 Å². The molecule has 5 nitrogen and oxygen atoms in total. The molecule has 2 rings (SSSR count). The monoisotopic (exact) mass is 373 g/mol. The molecule has 1 aromatic rings. The normalized spacial score (nSPS) is 16.3. The molecule has 150 valence electrons. The lowest BCUT2D eigenvalue weighted by Gasteiger charge is -2.35. The number of hydrogen-bond donors (Lipinski definition) is 2. The molecule has 1 fully saturated rings. The predicted octanol–water partition coefficient (Wildman–Crippen LogP) is 3.59.